The first-order chi connectivity index (χ1) is 15.7. The first-order valence-electron chi connectivity index (χ1n) is 13.5. The number of hydrogen-bond acceptors (Lipinski definition) is 4. The van der Waals surface area contributed by atoms with E-state index in [0.29, 0.717) is 32.5 Å². The zero-order chi connectivity index (χ0) is 23.7. The SMILES string of the molecule is CCCCCCCC/C=C/CCCCCCCCN(CCC=O)C(=O)C(N)CCCCN. The second-order valence-corrected chi connectivity index (χ2v) is 9.11. The van der Waals surface area contributed by atoms with Gasteiger partial charge in [-0.15, -0.1) is 0 Å². The maximum atomic E-state index is 12.6. The zero-order valence-corrected chi connectivity index (χ0v) is 21.1. The summed E-state index contributed by atoms with van der Waals surface area (Å²) in [7, 11) is 0. The highest BCUT2D eigenvalue weighted by atomic mass is 16.2. The Bertz CT molecular complexity index is 454. The Morgan fingerprint density at radius 1 is 0.750 bits per heavy atom. The molecule has 0 saturated heterocycles. The van der Waals surface area contributed by atoms with E-state index in [1.165, 1.54) is 77.0 Å². The number of aldehydes is 1. The van der Waals surface area contributed by atoms with E-state index in [1.54, 1.807) is 4.90 Å². The molecule has 4 N–H and O–H groups in total. The number of nitrogens with zero attached hydrogens (tertiary/aromatic N) is 1. The average molecular weight is 452 g/mol. The van der Waals surface area contributed by atoms with Gasteiger partial charge in [0.2, 0.25) is 5.91 Å². The summed E-state index contributed by atoms with van der Waals surface area (Å²) in [5.41, 5.74) is 11.6. The summed E-state index contributed by atoms with van der Waals surface area (Å²) in [5.74, 6) is -0.0170. The Morgan fingerprint density at radius 3 is 1.88 bits per heavy atom. The van der Waals surface area contributed by atoms with Gasteiger partial charge >= 0.3 is 0 Å². The van der Waals surface area contributed by atoms with Crippen molar-refractivity contribution in [1.29, 1.82) is 0 Å². The van der Waals surface area contributed by atoms with Crippen molar-refractivity contribution in [3.05, 3.63) is 12.2 Å². The monoisotopic (exact) mass is 451 g/mol. The van der Waals surface area contributed by atoms with E-state index in [1.807, 2.05) is 0 Å². The molecule has 5 heteroatoms. The Morgan fingerprint density at radius 2 is 1.31 bits per heavy atom. The van der Waals surface area contributed by atoms with E-state index in [0.717, 1.165) is 32.0 Å². The Labute approximate surface area is 198 Å². The van der Waals surface area contributed by atoms with E-state index in [-0.39, 0.29) is 5.91 Å². The predicted octanol–water partition coefficient (Wildman–Crippen LogP) is 5.90. The minimum atomic E-state index is -0.470. The number of rotatable bonds is 24. The first-order valence-corrected chi connectivity index (χ1v) is 13.5. The summed E-state index contributed by atoms with van der Waals surface area (Å²) in [6, 6.07) is -0.470. The molecular weight excluding hydrogens is 398 g/mol. The molecule has 1 atom stereocenters. The van der Waals surface area contributed by atoms with Gasteiger partial charge in [0.05, 0.1) is 6.04 Å². The summed E-state index contributed by atoms with van der Waals surface area (Å²) < 4.78 is 0. The summed E-state index contributed by atoms with van der Waals surface area (Å²) >= 11 is 0. The van der Waals surface area contributed by atoms with E-state index in [4.69, 9.17) is 11.5 Å². The van der Waals surface area contributed by atoms with Gasteiger partial charge in [0.1, 0.15) is 6.29 Å². The fourth-order valence-corrected chi connectivity index (χ4v) is 3.96. The summed E-state index contributed by atoms with van der Waals surface area (Å²) in [6.07, 6.45) is 26.2. The third kappa shape index (κ3) is 19.5. The van der Waals surface area contributed by atoms with Crippen molar-refractivity contribution in [3.8, 4) is 0 Å². The molecule has 0 fully saturated rings. The van der Waals surface area contributed by atoms with Gasteiger partial charge in [-0.3, -0.25) is 4.79 Å². The highest BCUT2D eigenvalue weighted by molar-refractivity contribution is 5.81. The molecule has 5 nitrogen and oxygen atoms in total. The molecule has 0 spiro atoms. The fraction of sp³-hybridized carbons (Fsp3) is 0.852. The van der Waals surface area contributed by atoms with Gasteiger partial charge in [0.25, 0.3) is 0 Å². The molecule has 0 heterocycles. The van der Waals surface area contributed by atoms with Crippen LogP contribution in [0.1, 0.15) is 122 Å². The molecule has 0 bridgehead atoms. The molecule has 1 unspecified atom stereocenters. The largest absolute Gasteiger partial charge is 0.341 e. The van der Waals surface area contributed by atoms with Crippen molar-refractivity contribution in [2.45, 2.75) is 129 Å². The molecule has 1 amide bonds. The van der Waals surface area contributed by atoms with Crippen LogP contribution in [0.4, 0.5) is 0 Å². The second-order valence-electron chi connectivity index (χ2n) is 9.11. The Balaban J connectivity index is 3.75. The molecule has 0 aliphatic rings. The number of allylic oxidation sites excluding steroid dienone is 2. The van der Waals surface area contributed by atoms with Crippen LogP contribution >= 0.6 is 0 Å². The molecule has 0 aromatic carbocycles. The first kappa shape index (κ1) is 30.8. The zero-order valence-electron chi connectivity index (χ0n) is 21.1. The molecule has 0 aliphatic heterocycles. The van der Waals surface area contributed by atoms with E-state index < -0.39 is 6.04 Å². The van der Waals surface area contributed by atoms with Gasteiger partial charge in [-0.25, -0.2) is 0 Å². The average Bonchev–Trinajstić information content (AvgIpc) is 2.80. The van der Waals surface area contributed by atoms with Crippen molar-refractivity contribution in [2.75, 3.05) is 19.6 Å². The Kier molecular flexibility index (Phi) is 23.5. The van der Waals surface area contributed by atoms with Crippen LogP contribution in [-0.4, -0.2) is 42.8 Å². The topological polar surface area (TPSA) is 89.4 Å². The van der Waals surface area contributed by atoms with E-state index >= 15 is 0 Å². The van der Waals surface area contributed by atoms with Crippen molar-refractivity contribution < 1.29 is 9.59 Å². The number of carbonyl (C=O) groups excluding carboxylic acids is 2. The third-order valence-corrected chi connectivity index (χ3v) is 6.05. The van der Waals surface area contributed by atoms with Gasteiger partial charge in [0, 0.05) is 19.5 Å². The predicted molar refractivity (Wildman–Crippen MR) is 138 cm³/mol. The lowest BCUT2D eigenvalue weighted by Gasteiger charge is -2.25. The fourth-order valence-electron chi connectivity index (χ4n) is 3.96. The number of amides is 1. The Hall–Kier alpha value is -1.20. The van der Waals surface area contributed by atoms with Crippen LogP contribution in [0.5, 0.6) is 0 Å². The van der Waals surface area contributed by atoms with Crippen molar-refractivity contribution in [1.82, 2.24) is 4.90 Å². The maximum absolute atomic E-state index is 12.6. The lowest BCUT2D eigenvalue weighted by molar-refractivity contribution is -0.133. The minimum absolute atomic E-state index is 0.0170. The van der Waals surface area contributed by atoms with Crippen LogP contribution in [-0.2, 0) is 9.59 Å². The van der Waals surface area contributed by atoms with Crippen molar-refractivity contribution in [2.24, 2.45) is 11.5 Å². The van der Waals surface area contributed by atoms with Crippen molar-refractivity contribution in [3.63, 3.8) is 0 Å². The second kappa shape index (κ2) is 24.4. The maximum Gasteiger partial charge on any atom is 0.239 e. The van der Waals surface area contributed by atoms with Gasteiger partial charge in [-0.1, -0.05) is 83.3 Å². The standard InChI is InChI=1S/C27H53N3O2/c1-2-3-4-5-6-7-8-9-10-11-12-13-14-15-16-19-23-30(24-20-25-31)27(32)26(29)21-17-18-22-28/h9-10,25-26H,2-8,11-24,28-29H2,1H3/b10-9+. The van der Waals surface area contributed by atoms with Gasteiger partial charge in [-0.2, -0.15) is 0 Å². The van der Waals surface area contributed by atoms with Crippen LogP contribution < -0.4 is 11.5 Å². The number of carbonyl (C=O) groups is 2. The van der Waals surface area contributed by atoms with Crippen LogP contribution in [0.15, 0.2) is 12.2 Å². The van der Waals surface area contributed by atoms with Crippen LogP contribution in [0, 0.1) is 0 Å². The van der Waals surface area contributed by atoms with Crippen molar-refractivity contribution >= 4 is 12.2 Å². The lowest BCUT2D eigenvalue weighted by Crippen LogP contribution is -2.44. The molecule has 32 heavy (non-hydrogen) atoms. The third-order valence-electron chi connectivity index (χ3n) is 6.05. The summed E-state index contributed by atoms with van der Waals surface area (Å²) in [6.45, 7) is 4.09. The van der Waals surface area contributed by atoms with Gasteiger partial charge < -0.3 is 21.2 Å². The molecule has 0 radical (unpaired) electrons. The molecule has 0 rings (SSSR count). The smallest absolute Gasteiger partial charge is 0.239 e. The van der Waals surface area contributed by atoms with E-state index in [2.05, 4.69) is 19.1 Å². The number of hydrogen-bond donors (Lipinski definition) is 2. The minimum Gasteiger partial charge on any atom is -0.341 e. The molecule has 0 aliphatic carbocycles. The molecular formula is C27H53N3O2. The molecule has 0 aromatic rings. The quantitative estimate of drug-likeness (QED) is 0.109. The lowest BCUT2D eigenvalue weighted by atomic mass is 10.1. The van der Waals surface area contributed by atoms with Gasteiger partial charge in [-0.05, 0) is 51.5 Å². The molecule has 188 valence electrons. The molecule has 0 saturated carbocycles. The normalized spacial score (nSPS) is 12.3. The summed E-state index contributed by atoms with van der Waals surface area (Å²) in [5, 5.41) is 0. The molecule has 0 aromatic heterocycles. The highest BCUT2D eigenvalue weighted by Crippen LogP contribution is 2.11. The van der Waals surface area contributed by atoms with Gasteiger partial charge in [0.15, 0.2) is 0 Å². The van der Waals surface area contributed by atoms with Crippen LogP contribution in [0.25, 0.3) is 0 Å². The van der Waals surface area contributed by atoms with E-state index in [9.17, 15) is 9.59 Å². The number of nitrogens with two attached hydrogens (primary N) is 2. The highest BCUT2D eigenvalue weighted by Gasteiger charge is 2.19. The van der Waals surface area contributed by atoms with Crippen LogP contribution in [0.2, 0.25) is 0 Å². The number of unbranched alkanes of at least 4 members (excludes halogenated alkanes) is 13. The summed E-state index contributed by atoms with van der Waals surface area (Å²) in [4.78, 5) is 25.1. The van der Waals surface area contributed by atoms with Crippen LogP contribution in [0.3, 0.4) is 0 Å².